The van der Waals surface area contributed by atoms with Crippen molar-refractivity contribution in [1.82, 2.24) is 4.98 Å². The van der Waals surface area contributed by atoms with Gasteiger partial charge in [-0.25, -0.2) is 0 Å². The maximum Gasteiger partial charge on any atom is 0.137 e. The Hall–Kier alpha value is -1.62. The summed E-state index contributed by atoms with van der Waals surface area (Å²) in [6.45, 7) is 5.93. The summed E-state index contributed by atoms with van der Waals surface area (Å²) in [6, 6.07) is 3.76. The maximum atomic E-state index is 11.7. The van der Waals surface area contributed by atoms with E-state index in [0.717, 1.165) is 11.5 Å². The lowest BCUT2D eigenvalue weighted by molar-refractivity contribution is -0.121. The summed E-state index contributed by atoms with van der Waals surface area (Å²) >= 11 is 0. The number of ketones is 1. The van der Waals surface area contributed by atoms with Gasteiger partial charge in [0, 0.05) is 36.7 Å². The number of hydrogen-bond donors (Lipinski definition) is 0. The molecule has 1 heterocycles. The van der Waals surface area contributed by atoms with Gasteiger partial charge in [-0.15, -0.1) is 0 Å². The van der Waals surface area contributed by atoms with E-state index in [1.54, 1.807) is 12.4 Å². The molecule has 0 saturated heterocycles. The molecule has 89 valence electrons. The standard InChI is InChI=1S/C15H18NO/c1-12(2)13(3)15(17)9-5-4-7-14-8-6-10-16-11-14/h6,8,10-11,13H,5,9H2,1-3H3. The van der Waals surface area contributed by atoms with Crippen LogP contribution < -0.4 is 0 Å². The molecular formula is C15H18NO. The van der Waals surface area contributed by atoms with Crippen LogP contribution in [0.4, 0.5) is 0 Å². The van der Waals surface area contributed by atoms with Crippen molar-refractivity contribution in [1.29, 1.82) is 0 Å². The molecular weight excluding hydrogens is 210 g/mol. The molecule has 0 fully saturated rings. The van der Waals surface area contributed by atoms with Crippen LogP contribution >= 0.6 is 0 Å². The molecule has 0 N–H and O–H groups in total. The van der Waals surface area contributed by atoms with Gasteiger partial charge >= 0.3 is 0 Å². The number of pyridine rings is 1. The van der Waals surface area contributed by atoms with Gasteiger partial charge in [0.1, 0.15) is 5.78 Å². The smallest absolute Gasteiger partial charge is 0.137 e. The third-order valence-corrected chi connectivity index (χ3v) is 2.74. The Kier molecular flexibility index (Phi) is 5.42. The Bertz CT molecular complexity index is 412. The average Bonchev–Trinajstić information content (AvgIpc) is 2.34. The van der Waals surface area contributed by atoms with E-state index in [9.17, 15) is 4.79 Å². The molecule has 2 heteroatoms. The van der Waals surface area contributed by atoms with E-state index in [1.165, 1.54) is 0 Å². The lowest BCUT2D eigenvalue weighted by Crippen LogP contribution is -2.14. The van der Waals surface area contributed by atoms with Crippen molar-refractivity contribution in [3.63, 3.8) is 0 Å². The quantitative estimate of drug-likeness (QED) is 0.741. The average molecular weight is 228 g/mol. The highest BCUT2D eigenvalue weighted by molar-refractivity contribution is 5.82. The van der Waals surface area contributed by atoms with Crippen LogP contribution in [0.3, 0.4) is 0 Å². The molecule has 0 aliphatic heterocycles. The van der Waals surface area contributed by atoms with Crippen molar-refractivity contribution in [2.45, 2.75) is 33.6 Å². The van der Waals surface area contributed by atoms with Crippen molar-refractivity contribution < 1.29 is 4.79 Å². The number of hydrogen-bond acceptors (Lipinski definition) is 2. The third kappa shape index (κ3) is 4.82. The van der Waals surface area contributed by atoms with Gasteiger partial charge in [0.05, 0.1) is 0 Å². The van der Waals surface area contributed by atoms with E-state index in [0.29, 0.717) is 12.8 Å². The van der Waals surface area contributed by atoms with Crippen molar-refractivity contribution in [2.24, 2.45) is 5.92 Å². The summed E-state index contributed by atoms with van der Waals surface area (Å²) in [4.78, 5) is 15.7. The second-order valence-corrected chi connectivity index (χ2v) is 4.31. The Morgan fingerprint density at radius 3 is 2.82 bits per heavy atom. The van der Waals surface area contributed by atoms with Gasteiger partial charge in [-0.3, -0.25) is 9.78 Å². The van der Waals surface area contributed by atoms with Crippen LogP contribution in [-0.4, -0.2) is 10.8 Å². The fourth-order valence-corrected chi connectivity index (χ4v) is 1.33. The lowest BCUT2D eigenvalue weighted by atomic mass is 9.91. The largest absolute Gasteiger partial charge is 0.299 e. The van der Waals surface area contributed by atoms with E-state index in [-0.39, 0.29) is 11.7 Å². The Morgan fingerprint density at radius 1 is 1.47 bits per heavy atom. The van der Waals surface area contributed by atoms with Crippen LogP contribution in [0.5, 0.6) is 0 Å². The summed E-state index contributed by atoms with van der Waals surface area (Å²) in [5, 5.41) is 0. The molecule has 0 bridgehead atoms. The van der Waals surface area contributed by atoms with Crippen LogP contribution in [0.25, 0.3) is 0 Å². The number of rotatable bonds is 4. The first-order chi connectivity index (χ1) is 8.11. The van der Waals surface area contributed by atoms with Gasteiger partial charge in [-0.1, -0.05) is 32.6 Å². The van der Waals surface area contributed by atoms with Gasteiger partial charge in [-0.05, 0) is 18.1 Å². The Labute approximate surface area is 103 Å². The molecule has 1 aromatic rings. The predicted molar refractivity (Wildman–Crippen MR) is 69.1 cm³/mol. The van der Waals surface area contributed by atoms with Crippen LogP contribution in [0.2, 0.25) is 0 Å². The predicted octanol–water partition coefficient (Wildman–Crippen LogP) is 3.03. The highest BCUT2D eigenvalue weighted by atomic mass is 16.1. The number of Topliss-reactive ketones (excluding diaryl/α,β-unsaturated/α-hetero) is 1. The molecule has 0 spiro atoms. The van der Waals surface area contributed by atoms with Gasteiger partial charge in [-0.2, -0.15) is 0 Å². The second kappa shape index (κ2) is 6.85. The zero-order valence-electron chi connectivity index (χ0n) is 10.7. The van der Waals surface area contributed by atoms with Crippen molar-refractivity contribution >= 4 is 5.78 Å². The minimum atomic E-state index is 0.0511. The van der Waals surface area contributed by atoms with Crippen molar-refractivity contribution in [2.75, 3.05) is 0 Å². The summed E-state index contributed by atoms with van der Waals surface area (Å²) in [6.07, 6.45) is 4.59. The highest BCUT2D eigenvalue weighted by Crippen LogP contribution is 2.15. The van der Waals surface area contributed by atoms with E-state index in [2.05, 4.69) is 16.8 Å². The van der Waals surface area contributed by atoms with Gasteiger partial charge in [0.15, 0.2) is 0 Å². The summed E-state index contributed by atoms with van der Waals surface area (Å²) in [5.74, 6) is 7.49. The van der Waals surface area contributed by atoms with E-state index >= 15 is 0 Å². The topological polar surface area (TPSA) is 30.0 Å². The monoisotopic (exact) mass is 228 g/mol. The third-order valence-electron chi connectivity index (χ3n) is 2.74. The molecule has 0 aliphatic carbocycles. The number of carbonyl (C=O) groups excluding carboxylic acids is 1. The molecule has 0 aromatic carbocycles. The normalized spacial score (nSPS) is 11.8. The van der Waals surface area contributed by atoms with Gasteiger partial charge < -0.3 is 0 Å². The van der Waals surface area contributed by atoms with Crippen LogP contribution in [-0.2, 0) is 4.79 Å². The first-order valence-corrected chi connectivity index (χ1v) is 5.83. The second-order valence-electron chi connectivity index (χ2n) is 4.31. The molecule has 2 nitrogen and oxygen atoms in total. The molecule has 1 radical (unpaired) electrons. The zero-order valence-corrected chi connectivity index (χ0v) is 10.7. The Morgan fingerprint density at radius 2 is 2.24 bits per heavy atom. The van der Waals surface area contributed by atoms with Crippen LogP contribution in [0.15, 0.2) is 24.5 Å². The molecule has 1 unspecified atom stereocenters. The zero-order chi connectivity index (χ0) is 12.7. The van der Waals surface area contributed by atoms with Crippen LogP contribution in [0.1, 0.15) is 39.2 Å². The Balaban J connectivity index is 2.39. The fourth-order valence-electron chi connectivity index (χ4n) is 1.33. The summed E-state index contributed by atoms with van der Waals surface area (Å²) < 4.78 is 0. The maximum absolute atomic E-state index is 11.7. The molecule has 17 heavy (non-hydrogen) atoms. The van der Waals surface area contributed by atoms with Gasteiger partial charge in [0.25, 0.3) is 0 Å². The SMILES string of the molecule is C[C](C)C(C)C(=O)CCC#Cc1cccnc1. The lowest BCUT2D eigenvalue weighted by Gasteiger charge is -2.12. The van der Waals surface area contributed by atoms with Crippen molar-refractivity contribution in [3.05, 3.63) is 36.0 Å². The summed E-state index contributed by atoms with van der Waals surface area (Å²) in [5.41, 5.74) is 0.895. The van der Waals surface area contributed by atoms with Gasteiger partial charge in [0.2, 0.25) is 0 Å². The minimum Gasteiger partial charge on any atom is -0.299 e. The minimum absolute atomic E-state index is 0.0511. The first-order valence-electron chi connectivity index (χ1n) is 5.83. The highest BCUT2D eigenvalue weighted by Gasteiger charge is 2.15. The molecule has 0 amide bonds. The molecule has 0 saturated carbocycles. The molecule has 0 aliphatic rings. The molecule has 1 atom stereocenters. The number of carbonyl (C=O) groups is 1. The molecule has 1 rings (SSSR count). The molecule has 1 aromatic heterocycles. The fraction of sp³-hybridized carbons (Fsp3) is 0.400. The number of nitrogens with zero attached hydrogens (tertiary/aromatic N) is 1. The van der Waals surface area contributed by atoms with E-state index in [1.807, 2.05) is 32.9 Å². The van der Waals surface area contributed by atoms with E-state index in [4.69, 9.17) is 0 Å². The number of aromatic nitrogens is 1. The van der Waals surface area contributed by atoms with E-state index < -0.39 is 0 Å². The van der Waals surface area contributed by atoms with Crippen LogP contribution in [0, 0.1) is 23.7 Å². The van der Waals surface area contributed by atoms with Crippen molar-refractivity contribution in [3.8, 4) is 11.8 Å². The first kappa shape index (κ1) is 13.4. The summed E-state index contributed by atoms with van der Waals surface area (Å²) in [7, 11) is 0.